The van der Waals surface area contributed by atoms with Crippen LogP contribution < -0.4 is 16.6 Å². The van der Waals surface area contributed by atoms with Crippen molar-refractivity contribution in [1.82, 2.24) is 15.3 Å². The highest BCUT2D eigenvalue weighted by Crippen LogP contribution is 2.23. The second-order valence-electron chi connectivity index (χ2n) is 3.60. The van der Waals surface area contributed by atoms with Crippen LogP contribution in [-0.2, 0) is 7.05 Å². The first kappa shape index (κ1) is 10.2. The maximum absolute atomic E-state index is 5.49. The van der Waals surface area contributed by atoms with Gasteiger partial charge in [0.05, 0.1) is 6.17 Å². The average Bonchev–Trinajstić information content (AvgIpc) is 2.60. The minimum atomic E-state index is -0.0175. The Morgan fingerprint density at radius 2 is 2.07 bits per heavy atom. The normalized spacial score (nSPS) is 13.3. The molecule has 1 aromatic carbocycles. The summed E-state index contributed by atoms with van der Waals surface area (Å²) < 4.78 is 2.10. The van der Waals surface area contributed by atoms with Crippen molar-refractivity contribution in [2.45, 2.75) is 6.17 Å². The van der Waals surface area contributed by atoms with E-state index in [0.717, 1.165) is 5.56 Å². The van der Waals surface area contributed by atoms with Crippen LogP contribution in [0.1, 0.15) is 11.7 Å². The lowest BCUT2D eigenvalue weighted by molar-refractivity contribution is 0.491. The van der Waals surface area contributed by atoms with Crippen LogP contribution >= 0.6 is 0 Å². The van der Waals surface area contributed by atoms with Crippen molar-refractivity contribution in [2.75, 3.05) is 7.05 Å². The molecule has 0 spiro atoms. The second-order valence-corrected chi connectivity index (χ2v) is 3.60. The lowest BCUT2D eigenvalue weighted by Gasteiger charge is -2.13. The first-order valence-electron chi connectivity index (χ1n) is 4.95. The smallest absolute Gasteiger partial charge is 0.0979 e. The Kier molecular flexibility index (Phi) is 2.73. The number of hydrogen-bond donors (Lipinski definition) is 3. The maximum atomic E-state index is 5.49. The molecule has 0 fully saturated rings. The summed E-state index contributed by atoms with van der Waals surface area (Å²) in [4.78, 5) is 0. The standard InChI is InChI=1S/C11H16N4/c1-13-11(14-12)9-7-15(2)10-6-4-3-5-8(9)10/h3-7,11,13-14H,12H2,1-2H3. The van der Waals surface area contributed by atoms with Gasteiger partial charge >= 0.3 is 0 Å². The molecule has 0 saturated heterocycles. The van der Waals surface area contributed by atoms with Gasteiger partial charge in [-0.3, -0.25) is 5.84 Å². The van der Waals surface area contributed by atoms with Gasteiger partial charge in [-0.2, -0.15) is 0 Å². The molecular formula is C11H16N4. The first-order valence-corrected chi connectivity index (χ1v) is 4.95. The summed E-state index contributed by atoms with van der Waals surface area (Å²) in [6, 6.07) is 8.28. The van der Waals surface area contributed by atoms with Crippen LogP contribution in [-0.4, -0.2) is 11.6 Å². The molecule has 1 unspecified atom stereocenters. The summed E-state index contributed by atoms with van der Waals surface area (Å²) in [6.45, 7) is 0. The van der Waals surface area contributed by atoms with Crippen molar-refractivity contribution in [1.29, 1.82) is 0 Å². The molecule has 0 saturated carbocycles. The van der Waals surface area contributed by atoms with Gasteiger partial charge in [-0.15, -0.1) is 0 Å². The molecule has 0 radical (unpaired) electrons. The number of aromatic nitrogens is 1. The summed E-state index contributed by atoms with van der Waals surface area (Å²) in [5, 5.41) is 4.34. The highest BCUT2D eigenvalue weighted by atomic mass is 15.3. The predicted octanol–water partition coefficient (Wildman–Crippen LogP) is 0.860. The molecule has 1 atom stereocenters. The fraction of sp³-hybridized carbons (Fsp3) is 0.273. The number of rotatable bonds is 3. The van der Waals surface area contributed by atoms with Gasteiger partial charge in [-0.05, 0) is 13.1 Å². The Balaban J connectivity index is 2.61. The molecule has 4 nitrogen and oxygen atoms in total. The zero-order chi connectivity index (χ0) is 10.8. The third-order valence-electron chi connectivity index (χ3n) is 2.69. The number of para-hydroxylation sites is 1. The van der Waals surface area contributed by atoms with Gasteiger partial charge in [-0.1, -0.05) is 18.2 Å². The Labute approximate surface area is 89.0 Å². The molecule has 4 N–H and O–H groups in total. The lowest BCUT2D eigenvalue weighted by atomic mass is 10.1. The van der Waals surface area contributed by atoms with E-state index in [1.807, 2.05) is 26.2 Å². The van der Waals surface area contributed by atoms with Crippen molar-refractivity contribution in [3.05, 3.63) is 36.0 Å². The number of aryl methyl sites for hydroxylation is 1. The fourth-order valence-electron chi connectivity index (χ4n) is 1.93. The molecule has 4 heteroatoms. The minimum Gasteiger partial charge on any atom is -0.350 e. The Bertz CT molecular complexity index is 457. The SMILES string of the molecule is CNC(NN)c1cn(C)c2ccccc12. The number of nitrogens with two attached hydrogens (primary N) is 1. The van der Waals surface area contributed by atoms with Crippen LogP contribution in [0.25, 0.3) is 10.9 Å². The van der Waals surface area contributed by atoms with Crippen LogP contribution in [0.2, 0.25) is 0 Å². The number of nitrogens with one attached hydrogen (secondary N) is 2. The number of benzene rings is 1. The first-order chi connectivity index (χ1) is 7.27. The number of hydrogen-bond acceptors (Lipinski definition) is 3. The van der Waals surface area contributed by atoms with Gasteiger partial charge in [0.2, 0.25) is 0 Å². The molecule has 1 aromatic heterocycles. The van der Waals surface area contributed by atoms with E-state index < -0.39 is 0 Å². The van der Waals surface area contributed by atoms with Crippen molar-refractivity contribution in [2.24, 2.45) is 12.9 Å². The Morgan fingerprint density at radius 1 is 1.33 bits per heavy atom. The van der Waals surface area contributed by atoms with Crippen molar-refractivity contribution >= 4 is 10.9 Å². The summed E-state index contributed by atoms with van der Waals surface area (Å²) in [5.41, 5.74) is 5.13. The molecule has 0 aliphatic carbocycles. The minimum absolute atomic E-state index is 0.0175. The van der Waals surface area contributed by atoms with Crippen molar-refractivity contribution < 1.29 is 0 Å². The van der Waals surface area contributed by atoms with E-state index in [-0.39, 0.29) is 6.17 Å². The van der Waals surface area contributed by atoms with Gasteiger partial charge < -0.3 is 9.88 Å². The van der Waals surface area contributed by atoms with Crippen LogP contribution in [0.5, 0.6) is 0 Å². The zero-order valence-corrected chi connectivity index (χ0v) is 8.99. The van der Waals surface area contributed by atoms with Gasteiger partial charge in [0.1, 0.15) is 0 Å². The molecule has 15 heavy (non-hydrogen) atoms. The van der Waals surface area contributed by atoms with E-state index in [0.29, 0.717) is 0 Å². The van der Waals surface area contributed by atoms with Gasteiger partial charge in [0.15, 0.2) is 0 Å². The second kappa shape index (κ2) is 4.02. The van der Waals surface area contributed by atoms with Crippen LogP contribution in [0.3, 0.4) is 0 Å². The third kappa shape index (κ3) is 1.63. The van der Waals surface area contributed by atoms with Crippen molar-refractivity contribution in [3.63, 3.8) is 0 Å². The Hall–Kier alpha value is -1.36. The van der Waals surface area contributed by atoms with Gasteiger partial charge in [-0.25, -0.2) is 5.43 Å². The highest BCUT2D eigenvalue weighted by molar-refractivity contribution is 5.84. The predicted molar refractivity (Wildman–Crippen MR) is 62.0 cm³/mol. The quantitative estimate of drug-likeness (QED) is 0.395. The van der Waals surface area contributed by atoms with E-state index in [2.05, 4.69) is 33.6 Å². The topological polar surface area (TPSA) is 55.0 Å². The van der Waals surface area contributed by atoms with E-state index in [1.54, 1.807) is 0 Å². The van der Waals surface area contributed by atoms with Crippen LogP contribution in [0.15, 0.2) is 30.5 Å². The molecule has 0 bridgehead atoms. The lowest BCUT2D eigenvalue weighted by Crippen LogP contribution is -2.36. The van der Waals surface area contributed by atoms with Crippen LogP contribution in [0, 0.1) is 0 Å². The number of hydrazine groups is 1. The Morgan fingerprint density at radius 3 is 2.73 bits per heavy atom. The molecule has 0 aliphatic rings. The average molecular weight is 204 g/mol. The van der Waals surface area contributed by atoms with E-state index >= 15 is 0 Å². The highest BCUT2D eigenvalue weighted by Gasteiger charge is 2.13. The molecule has 0 aliphatic heterocycles. The number of nitrogens with zero attached hydrogens (tertiary/aromatic N) is 1. The molecule has 0 amide bonds. The molecular weight excluding hydrogens is 188 g/mol. The molecule has 1 heterocycles. The van der Waals surface area contributed by atoms with Gasteiger partial charge in [0.25, 0.3) is 0 Å². The molecule has 80 valence electrons. The largest absolute Gasteiger partial charge is 0.350 e. The van der Waals surface area contributed by atoms with Crippen LogP contribution in [0.4, 0.5) is 0 Å². The fourth-order valence-corrected chi connectivity index (χ4v) is 1.93. The number of fused-ring (bicyclic) bond motifs is 1. The molecule has 2 aromatic rings. The maximum Gasteiger partial charge on any atom is 0.0979 e. The van der Waals surface area contributed by atoms with E-state index in [4.69, 9.17) is 5.84 Å². The summed E-state index contributed by atoms with van der Waals surface area (Å²) >= 11 is 0. The van der Waals surface area contributed by atoms with E-state index in [9.17, 15) is 0 Å². The third-order valence-corrected chi connectivity index (χ3v) is 2.69. The summed E-state index contributed by atoms with van der Waals surface area (Å²) in [6.07, 6.45) is 2.07. The van der Waals surface area contributed by atoms with Gasteiger partial charge in [0, 0.05) is 29.7 Å². The summed E-state index contributed by atoms with van der Waals surface area (Å²) in [7, 11) is 3.92. The monoisotopic (exact) mass is 204 g/mol. The van der Waals surface area contributed by atoms with E-state index in [1.165, 1.54) is 10.9 Å². The zero-order valence-electron chi connectivity index (χ0n) is 8.99. The molecule has 2 rings (SSSR count). The van der Waals surface area contributed by atoms with Crippen molar-refractivity contribution in [3.8, 4) is 0 Å². The summed E-state index contributed by atoms with van der Waals surface area (Å²) in [5.74, 6) is 5.49.